The minimum atomic E-state index is 0.441. The first-order valence-electron chi connectivity index (χ1n) is 10.1. The normalized spacial score (nSPS) is 19.0. The van der Waals surface area contributed by atoms with E-state index in [0.29, 0.717) is 12.0 Å². The molecule has 0 bridgehead atoms. The average Bonchev–Trinajstić information content (AvgIpc) is 2.63. The third kappa shape index (κ3) is 10.0. The third-order valence-electron chi connectivity index (χ3n) is 4.90. The van der Waals surface area contributed by atoms with Gasteiger partial charge in [-0.25, -0.2) is 0 Å². The van der Waals surface area contributed by atoms with Crippen LogP contribution in [-0.2, 0) is 4.74 Å². The maximum Gasteiger partial charge on any atom is 0.191 e. The molecular formula is C19H41N5O. The van der Waals surface area contributed by atoms with Crippen molar-refractivity contribution in [1.29, 1.82) is 0 Å². The molecule has 0 spiro atoms. The lowest BCUT2D eigenvalue weighted by Crippen LogP contribution is -2.46. The van der Waals surface area contributed by atoms with Crippen LogP contribution in [0.2, 0.25) is 0 Å². The smallest absolute Gasteiger partial charge is 0.191 e. The predicted octanol–water partition coefficient (Wildman–Crippen LogP) is 1.63. The SMILES string of the molecule is CCN(CC)CCCC(C)NC(=NC)NCC(C)CN1CCOCC1. The molecule has 6 nitrogen and oxygen atoms in total. The van der Waals surface area contributed by atoms with Crippen molar-refractivity contribution < 1.29 is 4.74 Å². The van der Waals surface area contributed by atoms with E-state index in [2.05, 4.69) is 53.1 Å². The van der Waals surface area contributed by atoms with Crippen LogP contribution in [0, 0.1) is 5.92 Å². The molecule has 25 heavy (non-hydrogen) atoms. The molecule has 0 aromatic rings. The van der Waals surface area contributed by atoms with Crippen molar-refractivity contribution in [3.63, 3.8) is 0 Å². The number of nitrogens with one attached hydrogen (secondary N) is 2. The Balaban J connectivity index is 2.19. The van der Waals surface area contributed by atoms with Crippen molar-refractivity contribution >= 4 is 5.96 Å². The van der Waals surface area contributed by atoms with Gasteiger partial charge in [0.1, 0.15) is 0 Å². The Morgan fingerprint density at radius 2 is 1.88 bits per heavy atom. The zero-order chi connectivity index (χ0) is 18.5. The van der Waals surface area contributed by atoms with E-state index >= 15 is 0 Å². The summed E-state index contributed by atoms with van der Waals surface area (Å²) in [5.74, 6) is 1.51. The Bertz CT molecular complexity index is 354. The summed E-state index contributed by atoms with van der Waals surface area (Å²) in [4.78, 5) is 9.34. The molecular weight excluding hydrogens is 314 g/mol. The first-order chi connectivity index (χ1) is 12.1. The van der Waals surface area contributed by atoms with Gasteiger partial charge in [0.05, 0.1) is 13.2 Å². The van der Waals surface area contributed by atoms with Gasteiger partial charge < -0.3 is 20.3 Å². The largest absolute Gasteiger partial charge is 0.379 e. The van der Waals surface area contributed by atoms with E-state index in [1.54, 1.807) is 0 Å². The van der Waals surface area contributed by atoms with Crippen LogP contribution in [0.25, 0.3) is 0 Å². The highest BCUT2D eigenvalue weighted by molar-refractivity contribution is 5.79. The van der Waals surface area contributed by atoms with Gasteiger partial charge in [0.2, 0.25) is 0 Å². The molecule has 0 aliphatic carbocycles. The highest BCUT2D eigenvalue weighted by atomic mass is 16.5. The van der Waals surface area contributed by atoms with E-state index in [9.17, 15) is 0 Å². The van der Waals surface area contributed by atoms with Gasteiger partial charge in [-0.3, -0.25) is 9.89 Å². The number of hydrogen-bond acceptors (Lipinski definition) is 4. The van der Waals surface area contributed by atoms with E-state index in [0.717, 1.165) is 58.4 Å². The first-order valence-corrected chi connectivity index (χ1v) is 10.1. The number of hydrogen-bond donors (Lipinski definition) is 2. The fourth-order valence-electron chi connectivity index (χ4n) is 3.22. The fraction of sp³-hybridized carbons (Fsp3) is 0.947. The number of rotatable bonds is 11. The van der Waals surface area contributed by atoms with Crippen molar-refractivity contribution in [3.05, 3.63) is 0 Å². The molecule has 6 heteroatoms. The lowest BCUT2D eigenvalue weighted by molar-refractivity contribution is 0.0320. The van der Waals surface area contributed by atoms with Gasteiger partial charge in [-0.1, -0.05) is 20.8 Å². The Morgan fingerprint density at radius 1 is 1.20 bits per heavy atom. The van der Waals surface area contributed by atoms with Crippen molar-refractivity contribution in [2.24, 2.45) is 10.9 Å². The van der Waals surface area contributed by atoms with Crippen LogP contribution in [0.15, 0.2) is 4.99 Å². The van der Waals surface area contributed by atoms with Gasteiger partial charge in [0.25, 0.3) is 0 Å². The van der Waals surface area contributed by atoms with Crippen LogP contribution in [0.3, 0.4) is 0 Å². The molecule has 0 radical (unpaired) electrons. The summed E-state index contributed by atoms with van der Waals surface area (Å²) in [6.07, 6.45) is 2.39. The molecule has 0 aromatic carbocycles. The quantitative estimate of drug-likeness (QED) is 0.436. The molecule has 148 valence electrons. The van der Waals surface area contributed by atoms with Crippen molar-refractivity contribution in [3.8, 4) is 0 Å². The maximum atomic E-state index is 5.41. The van der Waals surface area contributed by atoms with Crippen LogP contribution in [0.4, 0.5) is 0 Å². The summed E-state index contributed by atoms with van der Waals surface area (Å²) in [5, 5.41) is 7.00. The Morgan fingerprint density at radius 3 is 2.48 bits per heavy atom. The van der Waals surface area contributed by atoms with E-state index in [4.69, 9.17) is 4.74 Å². The molecule has 0 aromatic heterocycles. The first kappa shape index (κ1) is 22.2. The van der Waals surface area contributed by atoms with Crippen LogP contribution < -0.4 is 10.6 Å². The lowest BCUT2D eigenvalue weighted by Gasteiger charge is -2.29. The molecule has 1 aliphatic rings. The summed E-state index contributed by atoms with van der Waals surface area (Å²) in [6.45, 7) is 18.4. The van der Waals surface area contributed by atoms with Crippen LogP contribution >= 0.6 is 0 Å². The highest BCUT2D eigenvalue weighted by Gasteiger charge is 2.14. The minimum Gasteiger partial charge on any atom is -0.379 e. The van der Waals surface area contributed by atoms with E-state index in [1.807, 2.05) is 7.05 Å². The zero-order valence-electron chi connectivity index (χ0n) is 17.2. The van der Waals surface area contributed by atoms with Crippen LogP contribution in [0.5, 0.6) is 0 Å². The number of aliphatic imine (C=N–C) groups is 1. The second-order valence-corrected chi connectivity index (χ2v) is 7.19. The molecule has 1 heterocycles. The van der Waals surface area contributed by atoms with Gasteiger partial charge in [-0.2, -0.15) is 0 Å². The molecule has 1 aliphatic heterocycles. The summed E-state index contributed by atoms with van der Waals surface area (Å²) in [6, 6.07) is 0.441. The molecule has 1 saturated heterocycles. The van der Waals surface area contributed by atoms with Crippen molar-refractivity contribution in [2.45, 2.75) is 46.6 Å². The summed E-state index contributed by atoms with van der Waals surface area (Å²) in [7, 11) is 1.85. The predicted molar refractivity (Wildman–Crippen MR) is 107 cm³/mol. The van der Waals surface area contributed by atoms with Gasteiger partial charge in [0.15, 0.2) is 5.96 Å². The van der Waals surface area contributed by atoms with Crippen LogP contribution in [-0.4, -0.2) is 87.9 Å². The number of morpholine rings is 1. The van der Waals surface area contributed by atoms with Crippen molar-refractivity contribution in [1.82, 2.24) is 20.4 Å². The Kier molecular flexibility index (Phi) is 11.9. The number of ether oxygens (including phenoxy) is 1. The van der Waals surface area contributed by atoms with Gasteiger partial charge >= 0.3 is 0 Å². The molecule has 1 rings (SSSR count). The number of guanidine groups is 1. The summed E-state index contributed by atoms with van der Waals surface area (Å²) in [5.41, 5.74) is 0. The van der Waals surface area contributed by atoms with E-state index in [-0.39, 0.29) is 0 Å². The van der Waals surface area contributed by atoms with E-state index < -0.39 is 0 Å². The molecule has 2 unspecified atom stereocenters. The van der Waals surface area contributed by atoms with Gasteiger partial charge in [0, 0.05) is 39.3 Å². The van der Waals surface area contributed by atoms with Gasteiger partial charge in [-0.05, 0) is 45.3 Å². The van der Waals surface area contributed by atoms with E-state index in [1.165, 1.54) is 19.4 Å². The standard InChI is InChI=1S/C19H41N5O/c1-6-23(7-2)10-8-9-18(4)22-19(20-5)21-15-17(3)16-24-11-13-25-14-12-24/h17-18H,6-16H2,1-5H3,(H2,20,21,22). The summed E-state index contributed by atoms with van der Waals surface area (Å²) < 4.78 is 5.41. The lowest BCUT2D eigenvalue weighted by atomic mass is 10.1. The third-order valence-corrected chi connectivity index (χ3v) is 4.90. The average molecular weight is 356 g/mol. The molecule has 0 amide bonds. The van der Waals surface area contributed by atoms with Crippen LogP contribution in [0.1, 0.15) is 40.5 Å². The molecule has 1 fully saturated rings. The second-order valence-electron chi connectivity index (χ2n) is 7.19. The second kappa shape index (κ2) is 13.4. The monoisotopic (exact) mass is 355 g/mol. The molecule has 0 saturated carbocycles. The Hall–Kier alpha value is -0.850. The fourth-order valence-corrected chi connectivity index (χ4v) is 3.22. The summed E-state index contributed by atoms with van der Waals surface area (Å²) >= 11 is 0. The molecule has 2 atom stereocenters. The Labute approximate surface area is 155 Å². The van der Waals surface area contributed by atoms with Gasteiger partial charge in [-0.15, -0.1) is 0 Å². The molecule has 2 N–H and O–H groups in total. The highest BCUT2D eigenvalue weighted by Crippen LogP contribution is 2.03. The minimum absolute atomic E-state index is 0.441. The maximum absolute atomic E-state index is 5.41. The zero-order valence-corrected chi connectivity index (χ0v) is 17.2. The number of nitrogens with zero attached hydrogens (tertiary/aromatic N) is 3. The topological polar surface area (TPSA) is 52.1 Å². The van der Waals surface area contributed by atoms with Crippen molar-refractivity contribution in [2.75, 3.05) is 66.1 Å².